The quantitative estimate of drug-likeness (QED) is 0.252. The van der Waals surface area contributed by atoms with Crippen LogP contribution < -0.4 is 9.62 Å². The second-order valence-corrected chi connectivity index (χ2v) is 12.6. The van der Waals surface area contributed by atoms with Crippen molar-refractivity contribution in [3.05, 3.63) is 70.8 Å². The molecule has 0 spiro atoms. The number of sulfonamides is 1. The lowest BCUT2D eigenvalue weighted by Gasteiger charge is -2.37. The topological polar surface area (TPSA) is 138 Å². The maximum Gasteiger partial charge on any atom is 0.328 e. The molecule has 13 heteroatoms. The molecule has 2 heterocycles. The third-order valence-corrected chi connectivity index (χ3v) is 8.13. The molecule has 2 aromatic heterocycles. The fraction of sp³-hybridized carbons (Fsp3) is 0.269. The van der Waals surface area contributed by atoms with E-state index in [2.05, 4.69) is 15.5 Å². The number of fused-ring (bicyclic) bond motifs is 1. The van der Waals surface area contributed by atoms with Crippen molar-refractivity contribution in [1.82, 2.24) is 14.8 Å². The van der Waals surface area contributed by atoms with E-state index in [9.17, 15) is 18.3 Å². The molecule has 1 atom stereocenters. The van der Waals surface area contributed by atoms with Crippen molar-refractivity contribution in [2.45, 2.75) is 31.7 Å². The molecule has 4 rings (SSSR count). The zero-order valence-corrected chi connectivity index (χ0v) is 23.7. The van der Waals surface area contributed by atoms with Crippen molar-refractivity contribution < 1.29 is 23.4 Å². The fourth-order valence-corrected chi connectivity index (χ4v) is 6.75. The van der Waals surface area contributed by atoms with Crippen LogP contribution in [0.2, 0.25) is 10.0 Å². The molecule has 39 heavy (non-hydrogen) atoms. The number of anilines is 2. The second-order valence-electron chi connectivity index (χ2n) is 9.87. The summed E-state index contributed by atoms with van der Waals surface area (Å²) in [6, 6.07) is 12.5. The summed E-state index contributed by atoms with van der Waals surface area (Å²) in [5.41, 5.74) is -0.118. The van der Waals surface area contributed by atoms with Crippen molar-refractivity contribution in [3.63, 3.8) is 0 Å². The highest BCUT2D eigenvalue weighted by Crippen LogP contribution is 2.37. The van der Waals surface area contributed by atoms with Crippen LogP contribution in [0.15, 0.2) is 65.7 Å². The molecule has 2 aromatic carbocycles. The number of carboxylic acids is 1. The number of aliphatic hydroxyl groups is 1. The molecular weight excluding hydrogens is 565 g/mol. The van der Waals surface area contributed by atoms with Gasteiger partial charge in [-0.3, -0.25) is 8.87 Å². The van der Waals surface area contributed by atoms with E-state index in [1.54, 1.807) is 67.9 Å². The molecule has 206 valence electrons. The zero-order valence-electron chi connectivity index (χ0n) is 21.3. The average Bonchev–Trinajstić information content (AvgIpc) is 3.27. The highest BCUT2D eigenvalue weighted by molar-refractivity contribution is 7.93. The van der Waals surface area contributed by atoms with Crippen LogP contribution in [0.4, 0.5) is 11.5 Å². The van der Waals surface area contributed by atoms with E-state index in [1.165, 1.54) is 18.2 Å². The van der Waals surface area contributed by atoms with Crippen molar-refractivity contribution in [2.24, 2.45) is 5.41 Å². The summed E-state index contributed by atoms with van der Waals surface area (Å²) in [6.45, 7) is 5.28. The molecule has 0 saturated heterocycles. The van der Waals surface area contributed by atoms with Gasteiger partial charge in [0.15, 0.2) is 5.82 Å². The fourth-order valence-electron chi connectivity index (χ4n) is 4.24. The largest absolute Gasteiger partial charge is 0.480 e. The summed E-state index contributed by atoms with van der Waals surface area (Å²) in [4.78, 5) is 12.3. The van der Waals surface area contributed by atoms with Gasteiger partial charge in [0, 0.05) is 28.2 Å². The minimum Gasteiger partial charge on any atom is -0.480 e. The van der Waals surface area contributed by atoms with E-state index in [0.29, 0.717) is 29.1 Å². The van der Waals surface area contributed by atoms with E-state index in [-0.39, 0.29) is 27.2 Å². The Hall–Kier alpha value is -3.38. The number of rotatable bonds is 9. The van der Waals surface area contributed by atoms with E-state index in [0.717, 1.165) is 4.31 Å². The number of aliphatic hydroxyl groups excluding tert-OH is 1. The van der Waals surface area contributed by atoms with Gasteiger partial charge in [0.1, 0.15) is 11.9 Å². The lowest BCUT2D eigenvalue weighted by molar-refractivity contribution is -0.140. The van der Waals surface area contributed by atoms with Gasteiger partial charge in [0.25, 0.3) is 10.0 Å². The number of halogens is 2. The number of aromatic nitrogens is 3. The van der Waals surface area contributed by atoms with Crippen LogP contribution in [0.1, 0.15) is 20.8 Å². The summed E-state index contributed by atoms with van der Waals surface area (Å²) in [5, 5.41) is 31.3. The smallest absolute Gasteiger partial charge is 0.328 e. The first-order valence-corrected chi connectivity index (χ1v) is 14.1. The van der Waals surface area contributed by atoms with E-state index < -0.39 is 27.4 Å². The summed E-state index contributed by atoms with van der Waals surface area (Å²) in [5.74, 6) is -0.277. The van der Waals surface area contributed by atoms with Gasteiger partial charge in [-0.15, -0.1) is 10.2 Å². The maximum absolute atomic E-state index is 14.0. The maximum atomic E-state index is 14.0. The Bertz CT molecular complexity index is 1600. The van der Waals surface area contributed by atoms with Gasteiger partial charge < -0.3 is 15.5 Å². The molecule has 1 unspecified atom stereocenters. The lowest BCUT2D eigenvalue weighted by Crippen LogP contribution is -2.52. The Morgan fingerprint density at radius 1 is 1.05 bits per heavy atom. The van der Waals surface area contributed by atoms with Gasteiger partial charge in [0.2, 0.25) is 0 Å². The standard InChI is InChI=1S/C26H27Cl2N5O5S/c1-26(2,3)24(25(35)36)33(39(37,38)20-14-17(27)13-18(28)15-20)19-4-5-21-16(12-19)8-10-32(21)23-7-6-22(30-31-23)29-9-11-34/h4-8,10,12-15,24,34H,9,11H2,1-3H3,(H,29,30)(H,35,36). The van der Waals surface area contributed by atoms with Gasteiger partial charge in [0.05, 0.1) is 22.7 Å². The number of nitrogens with one attached hydrogen (secondary N) is 1. The van der Waals surface area contributed by atoms with Crippen LogP contribution in [-0.2, 0) is 14.8 Å². The molecule has 0 radical (unpaired) electrons. The summed E-state index contributed by atoms with van der Waals surface area (Å²) < 4.78 is 30.7. The molecule has 10 nitrogen and oxygen atoms in total. The molecular formula is C26H27Cl2N5O5S. The highest BCUT2D eigenvalue weighted by Gasteiger charge is 2.43. The van der Waals surface area contributed by atoms with Crippen molar-refractivity contribution in [3.8, 4) is 5.82 Å². The van der Waals surface area contributed by atoms with E-state index in [1.807, 2.05) is 0 Å². The number of aliphatic carboxylic acids is 1. The average molecular weight is 593 g/mol. The van der Waals surface area contributed by atoms with Crippen LogP contribution in [0.5, 0.6) is 0 Å². The van der Waals surface area contributed by atoms with Crippen LogP contribution in [-0.4, -0.2) is 58.6 Å². The second kappa shape index (κ2) is 11.0. The first kappa shape index (κ1) is 28.6. The zero-order chi connectivity index (χ0) is 28.5. The monoisotopic (exact) mass is 591 g/mol. The minimum atomic E-state index is -4.42. The Morgan fingerprint density at radius 3 is 2.31 bits per heavy atom. The van der Waals surface area contributed by atoms with Gasteiger partial charge in [-0.25, -0.2) is 13.2 Å². The first-order valence-electron chi connectivity index (χ1n) is 11.9. The SMILES string of the molecule is CC(C)(C)C(C(=O)O)N(c1ccc2c(ccn2-c2ccc(NCCO)nn2)c1)S(=O)(=O)c1cc(Cl)cc(Cl)c1. The van der Waals surface area contributed by atoms with Crippen LogP contribution in [0, 0.1) is 5.41 Å². The molecule has 0 amide bonds. The lowest BCUT2D eigenvalue weighted by atomic mass is 9.86. The third kappa shape index (κ3) is 5.96. The Labute approximate surface area is 235 Å². The van der Waals surface area contributed by atoms with E-state index in [4.69, 9.17) is 28.3 Å². The van der Waals surface area contributed by atoms with Crippen LogP contribution >= 0.6 is 23.2 Å². The number of nitrogens with zero attached hydrogens (tertiary/aromatic N) is 4. The number of carbonyl (C=O) groups is 1. The first-order chi connectivity index (χ1) is 18.3. The molecule has 3 N–H and O–H groups in total. The molecule has 0 saturated carbocycles. The Morgan fingerprint density at radius 2 is 1.74 bits per heavy atom. The van der Waals surface area contributed by atoms with Gasteiger partial charge in [-0.2, -0.15) is 0 Å². The predicted molar refractivity (Wildman–Crippen MR) is 151 cm³/mol. The predicted octanol–water partition coefficient (Wildman–Crippen LogP) is 4.83. The van der Waals surface area contributed by atoms with E-state index >= 15 is 0 Å². The number of hydrogen-bond donors (Lipinski definition) is 3. The number of hydrogen-bond acceptors (Lipinski definition) is 7. The van der Waals surface area contributed by atoms with Gasteiger partial charge in [-0.05, 0) is 60.0 Å². The molecule has 4 aromatic rings. The van der Waals surface area contributed by atoms with Gasteiger partial charge >= 0.3 is 5.97 Å². The molecule has 0 aliphatic rings. The molecule has 0 aliphatic carbocycles. The summed E-state index contributed by atoms with van der Waals surface area (Å²) in [6.07, 6.45) is 1.76. The Kier molecular flexibility index (Phi) is 8.08. The van der Waals surface area contributed by atoms with Crippen molar-refractivity contribution in [1.29, 1.82) is 0 Å². The van der Waals surface area contributed by atoms with Crippen LogP contribution in [0.3, 0.4) is 0 Å². The van der Waals surface area contributed by atoms with Gasteiger partial charge in [-0.1, -0.05) is 44.0 Å². The van der Waals surface area contributed by atoms with Crippen molar-refractivity contribution in [2.75, 3.05) is 22.8 Å². The highest BCUT2D eigenvalue weighted by atomic mass is 35.5. The summed E-state index contributed by atoms with van der Waals surface area (Å²) >= 11 is 12.2. The molecule has 0 aliphatic heterocycles. The van der Waals surface area contributed by atoms with Crippen LogP contribution in [0.25, 0.3) is 16.7 Å². The minimum absolute atomic E-state index is 0.0387. The molecule has 0 bridgehead atoms. The third-order valence-electron chi connectivity index (χ3n) is 5.93. The summed E-state index contributed by atoms with van der Waals surface area (Å²) in [7, 11) is -4.42. The normalized spacial score (nSPS) is 12.9. The number of carboxylic acid groups (broad SMARTS) is 1. The molecule has 0 fully saturated rings. The Balaban J connectivity index is 1.84. The number of benzene rings is 2. The van der Waals surface area contributed by atoms with Crippen molar-refractivity contribution >= 4 is 61.6 Å².